The molecule has 0 bridgehead atoms. The van der Waals surface area contributed by atoms with Crippen LogP contribution >= 0.6 is 23.5 Å². The van der Waals surface area contributed by atoms with Crippen molar-refractivity contribution in [1.82, 2.24) is 5.01 Å². The van der Waals surface area contributed by atoms with E-state index in [2.05, 4.69) is 29.8 Å². The van der Waals surface area contributed by atoms with Crippen molar-refractivity contribution in [3.63, 3.8) is 0 Å². The molecule has 0 aromatic heterocycles. The van der Waals surface area contributed by atoms with E-state index in [4.69, 9.17) is 25.2 Å². The van der Waals surface area contributed by atoms with Crippen LogP contribution in [-0.2, 0) is 31.6 Å². The highest BCUT2D eigenvalue weighted by atomic mass is 31.3. The minimum atomic E-state index is -5.74. The van der Waals surface area contributed by atoms with Crippen LogP contribution in [0.2, 0.25) is 0 Å². The van der Waals surface area contributed by atoms with Crippen LogP contribution in [0.3, 0.4) is 0 Å². The quantitative estimate of drug-likeness (QED) is 0.215. The van der Waals surface area contributed by atoms with Gasteiger partial charge in [0.15, 0.2) is 17.7 Å². The third-order valence-corrected chi connectivity index (χ3v) is 7.75. The highest BCUT2D eigenvalue weighted by molar-refractivity contribution is 7.66. The van der Waals surface area contributed by atoms with Gasteiger partial charge in [-0.15, -0.1) is 0 Å². The number of hydrogen-bond donors (Lipinski definition) is 6. The molecule has 0 radical (unpaired) electrons. The van der Waals surface area contributed by atoms with E-state index in [0.29, 0.717) is 0 Å². The zero-order valence-corrected chi connectivity index (χ0v) is 18.8. The second-order valence-corrected chi connectivity index (χ2v) is 10.8. The molecule has 182 valence electrons. The summed E-state index contributed by atoms with van der Waals surface area (Å²) in [5.41, 5.74) is 3.79. The Morgan fingerprint density at radius 3 is 2.50 bits per heavy atom. The molecule has 32 heavy (non-hydrogen) atoms. The number of halogens is 1. The summed E-state index contributed by atoms with van der Waals surface area (Å²) in [5, 5.41) is 15.0. The first-order valence-electron chi connectivity index (χ1n) is 8.29. The van der Waals surface area contributed by atoms with E-state index in [1.807, 2.05) is 0 Å². The van der Waals surface area contributed by atoms with Crippen LogP contribution in [0.4, 0.5) is 4.39 Å². The Balaban J connectivity index is 2.14. The Bertz CT molecular complexity index is 984. The Kier molecular flexibility index (Phi) is 8.00. The number of aliphatic imine (C=N–C) groups is 1. The van der Waals surface area contributed by atoms with Crippen LogP contribution in [0.1, 0.15) is 6.92 Å². The standard InChI is InChI=1S/C12H20FN4O12P3/c1-3-4-7-11(14)15-6-16-17(7)12(2)10(13)9(18)8(27-12)5-26-31(22,23)29-32(24,25)28-30(19,20)21/h3-4,6,8-10,18H,1,5H2,2H3,(H,22,23)(H,24,25)(H2,14,15,16)(H2,19,20,21)/b7-4-/t8-,9-,10-,12-/m1/s1. The molecule has 1 fully saturated rings. The molecule has 1 saturated heterocycles. The monoisotopic (exact) mass is 524 g/mol. The SMILES string of the molecule is C=C/C=C1/C(N)=NC=NN1[C@]1(C)O[C@H](COP(=O)(O)OP(=O)(O)OP(=O)(O)O)[C@@H](O)[C@H]1F. The average Bonchev–Trinajstić information content (AvgIpc) is 2.83. The van der Waals surface area contributed by atoms with Crippen LogP contribution in [0.25, 0.3) is 0 Å². The fraction of sp³-hybridized carbons (Fsp3) is 0.500. The summed E-state index contributed by atoms with van der Waals surface area (Å²) in [6.07, 6.45) is -2.15. The van der Waals surface area contributed by atoms with Crippen LogP contribution in [0.5, 0.6) is 0 Å². The number of rotatable bonds is 9. The Morgan fingerprint density at radius 2 is 1.94 bits per heavy atom. The molecule has 2 unspecified atom stereocenters. The molecule has 20 heteroatoms. The molecule has 0 aliphatic carbocycles. The highest BCUT2D eigenvalue weighted by Crippen LogP contribution is 2.66. The number of nitrogens with two attached hydrogens (primary N) is 1. The number of nitrogens with zero attached hydrogens (tertiary/aromatic N) is 3. The lowest BCUT2D eigenvalue weighted by Crippen LogP contribution is -2.52. The summed E-state index contributed by atoms with van der Waals surface area (Å²) >= 11 is 0. The lowest BCUT2D eigenvalue weighted by Gasteiger charge is -2.38. The van der Waals surface area contributed by atoms with Crippen molar-refractivity contribution >= 4 is 35.6 Å². The van der Waals surface area contributed by atoms with Gasteiger partial charge >= 0.3 is 23.5 Å². The van der Waals surface area contributed by atoms with Crippen molar-refractivity contribution in [3.8, 4) is 0 Å². The molecule has 2 aliphatic rings. The van der Waals surface area contributed by atoms with Crippen molar-refractivity contribution in [2.24, 2.45) is 15.8 Å². The normalized spacial score (nSPS) is 33.6. The molecule has 2 heterocycles. The zero-order valence-electron chi connectivity index (χ0n) is 16.1. The second-order valence-electron chi connectivity index (χ2n) is 6.33. The summed E-state index contributed by atoms with van der Waals surface area (Å²) in [4.78, 5) is 39.4. The number of hydrazone groups is 1. The Hall–Kier alpha value is -1.32. The Morgan fingerprint density at radius 1 is 1.31 bits per heavy atom. The topological polar surface area (TPSA) is 243 Å². The van der Waals surface area contributed by atoms with E-state index in [1.165, 1.54) is 19.1 Å². The van der Waals surface area contributed by atoms with Crippen molar-refractivity contribution in [1.29, 1.82) is 0 Å². The number of allylic oxidation sites excluding steroid dienone is 2. The van der Waals surface area contributed by atoms with Gasteiger partial charge in [0.1, 0.15) is 24.2 Å². The number of phosphoric ester groups is 1. The van der Waals surface area contributed by atoms with Crippen LogP contribution < -0.4 is 5.73 Å². The molecule has 0 aromatic carbocycles. The van der Waals surface area contributed by atoms with E-state index < -0.39 is 54.2 Å². The van der Waals surface area contributed by atoms with Gasteiger partial charge in [0, 0.05) is 0 Å². The van der Waals surface area contributed by atoms with Crippen molar-refractivity contribution in [2.45, 2.75) is 31.0 Å². The summed E-state index contributed by atoms with van der Waals surface area (Å²) in [6, 6.07) is 0. The van der Waals surface area contributed by atoms with Crippen molar-refractivity contribution in [3.05, 3.63) is 24.4 Å². The first-order chi connectivity index (χ1) is 14.5. The molecular weight excluding hydrogens is 504 g/mol. The summed E-state index contributed by atoms with van der Waals surface area (Å²) in [7, 11) is -16.8. The fourth-order valence-electron chi connectivity index (χ4n) is 2.71. The van der Waals surface area contributed by atoms with Gasteiger partial charge in [0.25, 0.3) is 0 Å². The van der Waals surface area contributed by atoms with E-state index >= 15 is 0 Å². The molecule has 0 aromatic rings. The molecule has 7 N–H and O–H groups in total. The second kappa shape index (κ2) is 9.50. The number of ether oxygens (including phenoxy) is 1. The minimum Gasteiger partial charge on any atom is -0.387 e. The van der Waals surface area contributed by atoms with Gasteiger partial charge in [-0.1, -0.05) is 12.7 Å². The predicted molar refractivity (Wildman–Crippen MR) is 104 cm³/mol. The zero-order chi connectivity index (χ0) is 24.5. The number of aliphatic hydroxyl groups is 1. The van der Waals surface area contributed by atoms with E-state index in [9.17, 15) is 28.1 Å². The third-order valence-electron chi connectivity index (χ3n) is 3.95. The number of amidine groups is 1. The largest absolute Gasteiger partial charge is 0.490 e. The summed E-state index contributed by atoms with van der Waals surface area (Å²) in [6.45, 7) is 3.60. The molecule has 0 spiro atoms. The maximum absolute atomic E-state index is 15.0. The summed E-state index contributed by atoms with van der Waals surface area (Å²) < 4.78 is 65.8. The maximum atomic E-state index is 15.0. The van der Waals surface area contributed by atoms with Gasteiger partial charge in [-0.05, 0) is 13.0 Å². The van der Waals surface area contributed by atoms with Gasteiger partial charge in [-0.25, -0.2) is 28.1 Å². The molecule has 0 saturated carbocycles. The minimum absolute atomic E-state index is 0.0633. The van der Waals surface area contributed by atoms with Gasteiger partial charge in [0.05, 0.1) is 6.61 Å². The lowest BCUT2D eigenvalue weighted by molar-refractivity contribution is -0.147. The first kappa shape index (κ1) is 26.9. The van der Waals surface area contributed by atoms with E-state index in [0.717, 1.165) is 11.3 Å². The molecule has 6 atom stereocenters. The first-order valence-corrected chi connectivity index (χ1v) is 12.8. The van der Waals surface area contributed by atoms with E-state index in [1.54, 1.807) is 0 Å². The predicted octanol–water partition coefficient (Wildman–Crippen LogP) is -0.170. The number of hydrogen-bond acceptors (Lipinski definition) is 12. The lowest BCUT2D eigenvalue weighted by atomic mass is 10.0. The van der Waals surface area contributed by atoms with Crippen molar-refractivity contribution in [2.75, 3.05) is 6.61 Å². The molecular formula is C12H20FN4O12P3. The average molecular weight is 524 g/mol. The van der Waals surface area contributed by atoms with Crippen LogP contribution in [-0.4, -0.2) is 72.6 Å². The smallest absolute Gasteiger partial charge is 0.387 e. The molecule has 2 aliphatic heterocycles. The van der Waals surface area contributed by atoms with Gasteiger partial charge in [0.2, 0.25) is 0 Å². The van der Waals surface area contributed by atoms with Gasteiger partial charge in [-0.3, -0.25) is 4.52 Å². The molecule has 2 rings (SSSR count). The fourth-order valence-corrected chi connectivity index (χ4v) is 5.74. The number of alkyl halides is 1. The van der Waals surface area contributed by atoms with Crippen LogP contribution in [0.15, 0.2) is 34.5 Å². The molecule has 0 amide bonds. The van der Waals surface area contributed by atoms with Crippen LogP contribution in [0, 0.1) is 0 Å². The van der Waals surface area contributed by atoms with E-state index in [-0.39, 0.29) is 11.5 Å². The maximum Gasteiger partial charge on any atom is 0.490 e. The van der Waals surface area contributed by atoms with Gasteiger partial charge < -0.3 is 35.2 Å². The molecule has 16 nitrogen and oxygen atoms in total. The highest BCUT2D eigenvalue weighted by Gasteiger charge is 2.58. The Labute approximate surface area is 179 Å². The number of aliphatic hydroxyl groups excluding tert-OH is 1. The summed E-state index contributed by atoms with van der Waals surface area (Å²) in [5.74, 6) is -0.0804. The van der Waals surface area contributed by atoms with Gasteiger partial charge in [-0.2, -0.15) is 13.7 Å². The van der Waals surface area contributed by atoms with Crippen molar-refractivity contribution < 1.29 is 60.6 Å². The third kappa shape index (κ3) is 6.38. The number of phosphoric acid groups is 3.